The molecule has 0 aliphatic carbocycles. The van der Waals surface area contributed by atoms with Crippen molar-refractivity contribution in [3.8, 4) is 5.69 Å². The van der Waals surface area contributed by atoms with E-state index in [1.165, 1.54) is 0 Å². The summed E-state index contributed by atoms with van der Waals surface area (Å²) in [4.78, 5) is 14.4. The topological polar surface area (TPSA) is 70.4 Å². The average Bonchev–Trinajstić information content (AvgIpc) is 3.24. The number of benzene rings is 1. The monoisotopic (exact) mass is 342 g/mol. The molecule has 0 saturated carbocycles. The van der Waals surface area contributed by atoms with E-state index in [2.05, 4.69) is 10.4 Å². The van der Waals surface area contributed by atoms with E-state index in [1.54, 1.807) is 4.90 Å². The van der Waals surface area contributed by atoms with Crippen molar-refractivity contribution in [3.05, 3.63) is 47.8 Å². The smallest absolute Gasteiger partial charge is 0.318 e. The lowest BCUT2D eigenvalue weighted by Crippen LogP contribution is -2.53. The first kappa shape index (κ1) is 17.5. The van der Waals surface area contributed by atoms with Gasteiger partial charge in [0, 0.05) is 24.8 Å². The predicted molar refractivity (Wildman–Crippen MR) is 96.6 cm³/mol. The zero-order valence-corrected chi connectivity index (χ0v) is 14.9. The second kappa shape index (κ2) is 7.27. The van der Waals surface area contributed by atoms with Crippen LogP contribution in [0.25, 0.3) is 5.69 Å². The predicted octanol–water partition coefficient (Wildman–Crippen LogP) is 2.63. The van der Waals surface area contributed by atoms with Crippen LogP contribution in [-0.2, 0) is 6.54 Å². The van der Waals surface area contributed by atoms with Crippen molar-refractivity contribution in [3.63, 3.8) is 0 Å². The van der Waals surface area contributed by atoms with Gasteiger partial charge in [-0.05, 0) is 38.3 Å². The maximum absolute atomic E-state index is 12.6. The third kappa shape index (κ3) is 3.39. The lowest BCUT2D eigenvalue weighted by molar-refractivity contribution is 0.0808. The Morgan fingerprint density at radius 1 is 1.36 bits per heavy atom. The molecule has 2 heterocycles. The molecule has 1 aliphatic rings. The molecule has 1 saturated heterocycles. The molecule has 0 bridgehead atoms. The zero-order valence-electron chi connectivity index (χ0n) is 14.9. The molecule has 1 unspecified atom stereocenters. The molecule has 1 aromatic heterocycles. The largest absolute Gasteiger partial charge is 0.394 e. The number of nitrogens with zero attached hydrogens (tertiary/aromatic N) is 3. The minimum absolute atomic E-state index is 0.0158. The number of hydrogen-bond acceptors (Lipinski definition) is 3. The summed E-state index contributed by atoms with van der Waals surface area (Å²) in [5.41, 5.74) is 2.47. The van der Waals surface area contributed by atoms with Gasteiger partial charge in [0.15, 0.2) is 0 Å². The fourth-order valence-corrected chi connectivity index (χ4v) is 3.55. The summed E-state index contributed by atoms with van der Waals surface area (Å²) in [5.74, 6) is 0. The van der Waals surface area contributed by atoms with Crippen LogP contribution in [0.5, 0.6) is 0 Å². The number of hydrogen-bond donors (Lipinski definition) is 2. The number of nitrogens with one attached hydrogen (secondary N) is 1. The summed E-state index contributed by atoms with van der Waals surface area (Å²) >= 11 is 0. The molecule has 25 heavy (non-hydrogen) atoms. The molecular weight excluding hydrogens is 316 g/mol. The third-order valence-corrected chi connectivity index (χ3v) is 5.25. The zero-order chi connectivity index (χ0) is 17.9. The Balaban J connectivity index is 1.68. The lowest BCUT2D eigenvalue weighted by atomic mass is 9.94. The highest BCUT2D eigenvalue weighted by Crippen LogP contribution is 2.31. The Morgan fingerprint density at radius 3 is 2.80 bits per heavy atom. The number of aromatic nitrogens is 2. The molecule has 2 aromatic rings. The highest BCUT2D eigenvalue weighted by Gasteiger charge is 2.41. The number of para-hydroxylation sites is 1. The fraction of sp³-hybridized carbons (Fsp3) is 0.474. The van der Waals surface area contributed by atoms with Crippen molar-refractivity contribution in [1.82, 2.24) is 20.0 Å². The molecule has 1 aromatic carbocycles. The van der Waals surface area contributed by atoms with E-state index in [0.717, 1.165) is 36.2 Å². The van der Waals surface area contributed by atoms with Crippen LogP contribution in [0.3, 0.4) is 0 Å². The third-order valence-electron chi connectivity index (χ3n) is 5.25. The molecule has 1 atom stereocenters. The quantitative estimate of drug-likeness (QED) is 0.877. The van der Waals surface area contributed by atoms with E-state index in [0.29, 0.717) is 13.1 Å². The van der Waals surface area contributed by atoms with Gasteiger partial charge in [0.25, 0.3) is 0 Å². The molecule has 1 fully saturated rings. The van der Waals surface area contributed by atoms with Gasteiger partial charge in [0.2, 0.25) is 0 Å². The Hall–Kier alpha value is -2.34. The van der Waals surface area contributed by atoms with Gasteiger partial charge < -0.3 is 15.3 Å². The maximum atomic E-state index is 12.6. The summed E-state index contributed by atoms with van der Waals surface area (Å²) in [6.45, 7) is 5.11. The van der Waals surface area contributed by atoms with Crippen LogP contribution in [0.15, 0.2) is 36.5 Å². The first-order valence-corrected chi connectivity index (χ1v) is 8.86. The molecule has 3 rings (SSSR count). The molecule has 134 valence electrons. The second-order valence-corrected chi connectivity index (χ2v) is 6.67. The first-order valence-electron chi connectivity index (χ1n) is 8.86. The molecule has 0 spiro atoms. The number of aliphatic hydroxyl groups is 1. The van der Waals surface area contributed by atoms with Crippen LogP contribution < -0.4 is 5.32 Å². The number of carbonyl (C=O) groups is 1. The van der Waals surface area contributed by atoms with Gasteiger partial charge in [-0.25, -0.2) is 9.48 Å². The van der Waals surface area contributed by atoms with Crippen molar-refractivity contribution in [2.75, 3.05) is 13.2 Å². The van der Waals surface area contributed by atoms with Crippen molar-refractivity contribution < 1.29 is 9.90 Å². The number of urea groups is 1. The molecule has 0 radical (unpaired) electrons. The second-order valence-electron chi connectivity index (χ2n) is 6.67. The number of aryl methyl sites for hydroxylation is 1. The van der Waals surface area contributed by atoms with E-state index >= 15 is 0 Å². The van der Waals surface area contributed by atoms with Gasteiger partial charge >= 0.3 is 6.03 Å². The van der Waals surface area contributed by atoms with Gasteiger partial charge in [0.05, 0.1) is 23.5 Å². The van der Waals surface area contributed by atoms with Crippen LogP contribution >= 0.6 is 0 Å². The summed E-state index contributed by atoms with van der Waals surface area (Å²) in [6.07, 6.45) is 4.51. The number of carbonyl (C=O) groups excluding carboxylic acids is 1. The van der Waals surface area contributed by atoms with Crippen LogP contribution in [0.2, 0.25) is 0 Å². The number of amides is 2. The first-order chi connectivity index (χ1) is 12.1. The fourth-order valence-electron chi connectivity index (χ4n) is 3.55. The lowest BCUT2D eigenvalue weighted by Gasteiger charge is -2.36. The Bertz CT molecular complexity index is 722. The van der Waals surface area contributed by atoms with Gasteiger partial charge in [-0.3, -0.25) is 0 Å². The standard InChI is InChI=1S/C19H26N4O2/c1-3-19(14-24)10-7-11-22(19)18(25)20-12-16-13-23(21-15(16)2)17-8-5-4-6-9-17/h4-6,8-9,13,24H,3,7,10-12,14H2,1-2H3,(H,20,25). The molecule has 6 nitrogen and oxygen atoms in total. The Morgan fingerprint density at radius 2 is 2.12 bits per heavy atom. The highest BCUT2D eigenvalue weighted by molar-refractivity contribution is 5.75. The Kier molecular flexibility index (Phi) is 5.08. The van der Waals surface area contributed by atoms with Gasteiger partial charge in [-0.2, -0.15) is 5.10 Å². The highest BCUT2D eigenvalue weighted by atomic mass is 16.3. The van der Waals surface area contributed by atoms with E-state index in [9.17, 15) is 9.90 Å². The minimum Gasteiger partial charge on any atom is -0.394 e. The van der Waals surface area contributed by atoms with E-state index < -0.39 is 5.54 Å². The van der Waals surface area contributed by atoms with Crippen molar-refractivity contribution in [2.24, 2.45) is 0 Å². The van der Waals surface area contributed by atoms with Crippen molar-refractivity contribution in [2.45, 2.75) is 45.2 Å². The number of rotatable bonds is 5. The summed E-state index contributed by atoms with van der Waals surface area (Å²) < 4.78 is 1.83. The minimum atomic E-state index is -0.409. The van der Waals surface area contributed by atoms with Crippen molar-refractivity contribution in [1.29, 1.82) is 0 Å². The van der Waals surface area contributed by atoms with E-state index in [1.807, 2.05) is 55.1 Å². The van der Waals surface area contributed by atoms with Crippen LogP contribution in [0, 0.1) is 6.92 Å². The van der Waals surface area contributed by atoms with Gasteiger partial charge in [-0.15, -0.1) is 0 Å². The van der Waals surface area contributed by atoms with Crippen LogP contribution in [0.4, 0.5) is 4.79 Å². The SMILES string of the molecule is CCC1(CO)CCCN1C(=O)NCc1cn(-c2ccccc2)nc1C. The van der Waals surface area contributed by atoms with E-state index in [-0.39, 0.29) is 12.6 Å². The summed E-state index contributed by atoms with van der Waals surface area (Å²) in [5, 5.41) is 17.3. The molecule has 2 amide bonds. The van der Waals surface area contributed by atoms with Crippen molar-refractivity contribution >= 4 is 6.03 Å². The number of likely N-dealkylation sites (tertiary alicyclic amines) is 1. The van der Waals surface area contributed by atoms with E-state index in [4.69, 9.17) is 0 Å². The molecule has 1 aliphatic heterocycles. The summed E-state index contributed by atoms with van der Waals surface area (Å²) in [7, 11) is 0. The molecule has 6 heteroatoms. The van der Waals surface area contributed by atoms with Crippen LogP contribution in [0.1, 0.15) is 37.4 Å². The normalized spacial score (nSPS) is 20.0. The van der Waals surface area contributed by atoms with Gasteiger partial charge in [0.1, 0.15) is 0 Å². The van der Waals surface area contributed by atoms with Gasteiger partial charge in [-0.1, -0.05) is 25.1 Å². The average molecular weight is 342 g/mol. The Labute approximate surface area is 148 Å². The number of aliphatic hydroxyl groups excluding tert-OH is 1. The summed E-state index contributed by atoms with van der Waals surface area (Å²) in [6, 6.07) is 9.80. The van der Waals surface area contributed by atoms with Crippen LogP contribution in [-0.4, -0.2) is 44.5 Å². The molecular formula is C19H26N4O2. The maximum Gasteiger partial charge on any atom is 0.318 e. The molecule has 2 N–H and O–H groups in total.